The van der Waals surface area contributed by atoms with Crippen LogP contribution in [-0.2, 0) is 0 Å². The first kappa shape index (κ1) is 11.7. The SMILES string of the molecule is Cc1cc(C#N)nnc1N1CCC(F)(CO)C1. The van der Waals surface area contributed by atoms with E-state index in [4.69, 9.17) is 10.4 Å². The molecule has 1 saturated heterocycles. The van der Waals surface area contributed by atoms with Crippen LogP contribution in [0.1, 0.15) is 17.7 Å². The minimum atomic E-state index is -1.55. The summed E-state index contributed by atoms with van der Waals surface area (Å²) in [5.41, 5.74) is -0.514. The van der Waals surface area contributed by atoms with E-state index in [0.717, 1.165) is 5.56 Å². The lowest BCUT2D eigenvalue weighted by Crippen LogP contribution is -2.33. The van der Waals surface area contributed by atoms with Gasteiger partial charge >= 0.3 is 0 Å². The second-order valence-electron chi connectivity index (χ2n) is 4.33. The van der Waals surface area contributed by atoms with Crippen molar-refractivity contribution in [2.24, 2.45) is 0 Å². The predicted molar refractivity (Wildman–Crippen MR) is 59.2 cm³/mol. The summed E-state index contributed by atoms with van der Waals surface area (Å²) < 4.78 is 13.9. The molecule has 90 valence electrons. The topological polar surface area (TPSA) is 73.0 Å². The molecule has 0 aromatic carbocycles. The Morgan fingerprint density at radius 2 is 2.41 bits per heavy atom. The Balaban J connectivity index is 2.23. The first-order valence-corrected chi connectivity index (χ1v) is 5.37. The number of anilines is 1. The molecule has 2 heterocycles. The molecule has 0 aliphatic carbocycles. The third kappa shape index (κ3) is 2.19. The highest BCUT2D eigenvalue weighted by Crippen LogP contribution is 2.29. The van der Waals surface area contributed by atoms with Gasteiger partial charge in [0.15, 0.2) is 17.2 Å². The Kier molecular flexibility index (Phi) is 2.94. The van der Waals surface area contributed by atoms with Crippen molar-refractivity contribution in [3.8, 4) is 6.07 Å². The number of halogens is 1. The van der Waals surface area contributed by atoms with Crippen LogP contribution in [0.5, 0.6) is 0 Å². The van der Waals surface area contributed by atoms with E-state index in [1.165, 1.54) is 0 Å². The van der Waals surface area contributed by atoms with Gasteiger partial charge in [-0.3, -0.25) is 0 Å². The third-order valence-electron chi connectivity index (χ3n) is 2.96. The van der Waals surface area contributed by atoms with Gasteiger partial charge < -0.3 is 10.0 Å². The lowest BCUT2D eigenvalue weighted by Gasteiger charge is -2.20. The summed E-state index contributed by atoms with van der Waals surface area (Å²) >= 11 is 0. The number of nitrogens with zero attached hydrogens (tertiary/aromatic N) is 4. The minimum Gasteiger partial charge on any atom is -0.393 e. The first-order chi connectivity index (χ1) is 8.08. The van der Waals surface area contributed by atoms with Crippen LogP contribution in [0.15, 0.2) is 6.07 Å². The maximum atomic E-state index is 13.9. The van der Waals surface area contributed by atoms with Gasteiger partial charge in [-0.1, -0.05) is 0 Å². The number of alkyl halides is 1. The van der Waals surface area contributed by atoms with Crippen LogP contribution in [0.3, 0.4) is 0 Å². The molecule has 0 radical (unpaired) electrons. The first-order valence-electron chi connectivity index (χ1n) is 5.37. The summed E-state index contributed by atoms with van der Waals surface area (Å²) in [5.74, 6) is 0.581. The molecule has 0 saturated carbocycles. The monoisotopic (exact) mass is 236 g/mol. The Bertz CT molecular complexity index is 473. The molecule has 1 aliphatic rings. The van der Waals surface area contributed by atoms with E-state index in [0.29, 0.717) is 12.4 Å². The molecule has 17 heavy (non-hydrogen) atoms. The van der Waals surface area contributed by atoms with Crippen LogP contribution in [0.2, 0.25) is 0 Å². The van der Waals surface area contributed by atoms with Crippen molar-refractivity contribution in [2.45, 2.75) is 19.0 Å². The second kappa shape index (κ2) is 4.26. The zero-order valence-electron chi connectivity index (χ0n) is 9.52. The number of aliphatic hydroxyl groups excluding tert-OH is 1. The fourth-order valence-electron chi connectivity index (χ4n) is 1.99. The summed E-state index contributed by atoms with van der Waals surface area (Å²) in [7, 11) is 0. The fraction of sp³-hybridized carbons (Fsp3) is 0.545. The molecule has 0 spiro atoms. The molecule has 1 fully saturated rings. The molecule has 1 aromatic heterocycles. The highest BCUT2D eigenvalue weighted by molar-refractivity contribution is 5.48. The van der Waals surface area contributed by atoms with Gasteiger partial charge in [0.05, 0.1) is 13.2 Å². The van der Waals surface area contributed by atoms with Gasteiger partial charge in [0.2, 0.25) is 0 Å². The molecule has 6 heteroatoms. The standard InChI is InChI=1S/C11H13FN4O/c1-8-4-9(5-13)14-15-10(8)16-3-2-11(12,6-16)7-17/h4,17H,2-3,6-7H2,1H3. The number of rotatable bonds is 2. The van der Waals surface area contributed by atoms with Crippen LogP contribution in [0.25, 0.3) is 0 Å². The molecule has 5 nitrogen and oxygen atoms in total. The van der Waals surface area contributed by atoms with Crippen molar-refractivity contribution in [1.82, 2.24) is 10.2 Å². The number of aromatic nitrogens is 2. The Morgan fingerprint density at radius 3 is 2.94 bits per heavy atom. The quantitative estimate of drug-likeness (QED) is 0.812. The molecule has 2 rings (SSSR count). The number of aryl methyl sites for hydroxylation is 1. The number of hydrogen-bond donors (Lipinski definition) is 1. The van der Waals surface area contributed by atoms with Crippen molar-refractivity contribution in [3.63, 3.8) is 0 Å². The smallest absolute Gasteiger partial charge is 0.163 e. The van der Waals surface area contributed by atoms with Crippen LogP contribution in [0.4, 0.5) is 10.2 Å². The molecular formula is C11H13FN4O. The highest BCUT2D eigenvalue weighted by atomic mass is 19.1. The normalized spacial score (nSPS) is 23.8. The Labute approximate surface area is 98.5 Å². The van der Waals surface area contributed by atoms with Crippen molar-refractivity contribution >= 4 is 5.82 Å². The summed E-state index contributed by atoms with van der Waals surface area (Å²) in [6, 6.07) is 3.53. The van der Waals surface area contributed by atoms with Crippen LogP contribution in [-0.4, -0.2) is 40.7 Å². The van der Waals surface area contributed by atoms with Gasteiger partial charge in [0.25, 0.3) is 0 Å². The van der Waals surface area contributed by atoms with Gasteiger partial charge in [-0.2, -0.15) is 5.26 Å². The minimum absolute atomic E-state index is 0.116. The lowest BCUT2D eigenvalue weighted by molar-refractivity contribution is 0.0909. The molecular weight excluding hydrogens is 223 g/mol. The zero-order chi connectivity index (χ0) is 12.5. The van der Waals surface area contributed by atoms with Gasteiger partial charge in [-0.15, -0.1) is 10.2 Å². The number of nitriles is 1. The van der Waals surface area contributed by atoms with E-state index in [9.17, 15) is 4.39 Å². The van der Waals surface area contributed by atoms with Gasteiger partial charge in [-0.25, -0.2) is 4.39 Å². The zero-order valence-corrected chi connectivity index (χ0v) is 9.52. The molecule has 1 aromatic rings. The number of hydrogen-bond acceptors (Lipinski definition) is 5. The van der Waals surface area contributed by atoms with Crippen molar-refractivity contribution in [2.75, 3.05) is 24.6 Å². The Hall–Kier alpha value is -1.74. The summed E-state index contributed by atoms with van der Waals surface area (Å²) in [6.45, 7) is 1.94. The maximum absolute atomic E-state index is 13.9. The maximum Gasteiger partial charge on any atom is 0.163 e. The molecule has 1 unspecified atom stereocenters. The van der Waals surface area contributed by atoms with E-state index in [1.54, 1.807) is 11.0 Å². The van der Waals surface area contributed by atoms with E-state index >= 15 is 0 Å². The average Bonchev–Trinajstić information content (AvgIpc) is 2.72. The van der Waals surface area contributed by atoms with E-state index in [1.807, 2.05) is 13.0 Å². The van der Waals surface area contributed by atoms with E-state index < -0.39 is 12.3 Å². The van der Waals surface area contributed by atoms with E-state index in [2.05, 4.69) is 10.2 Å². The van der Waals surface area contributed by atoms with Gasteiger partial charge in [0.1, 0.15) is 6.07 Å². The second-order valence-corrected chi connectivity index (χ2v) is 4.33. The van der Waals surface area contributed by atoms with Crippen LogP contribution in [0, 0.1) is 18.3 Å². The largest absolute Gasteiger partial charge is 0.393 e. The van der Waals surface area contributed by atoms with Crippen LogP contribution < -0.4 is 4.90 Å². The van der Waals surface area contributed by atoms with Crippen molar-refractivity contribution < 1.29 is 9.50 Å². The van der Waals surface area contributed by atoms with Crippen molar-refractivity contribution in [3.05, 3.63) is 17.3 Å². The average molecular weight is 236 g/mol. The molecule has 1 atom stereocenters. The molecule has 1 N–H and O–H groups in total. The summed E-state index contributed by atoms with van der Waals surface area (Å²) in [5, 5.41) is 25.3. The van der Waals surface area contributed by atoms with Crippen molar-refractivity contribution in [1.29, 1.82) is 5.26 Å². The number of aliphatic hydroxyl groups is 1. The Morgan fingerprint density at radius 1 is 1.65 bits per heavy atom. The summed E-state index contributed by atoms with van der Waals surface area (Å²) in [6.07, 6.45) is 0.282. The summed E-state index contributed by atoms with van der Waals surface area (Å²) in [4.78, 5) is 1.75. The van der Waals surface area contributed by atoms with E-state index in [-0.39, 0.29) is 18.7 Å². The van der Waals surface area contributed by atoms with Gasteiger partial charge in [-0.05, 0) is 18.6 Å². The lowest BCUT2D eigenvalue weighted by atomic mass is 10.1. The van der Waals surface area contributed by atoms with Crippen LogP contribution >= 0.6 is 0 Å². The molecule has 0 bridgehead atoms. The molecule has 0 amide bonds. The predicted octanol–water partition coefficient (Wildman–Crippen LogP) is 0.567. The van der Waals surface area contributed by atoms with Gasteiger partial charge in [0, 0.05) is 13.0 Å². The highest BCUT2D eigenvalue weighted by Gasteiger charge is 2.38. The fourth-order valence-corrected chi connectivity index (χ4v) is 1.99. The third-order valence-corrected chi connectivity index (χ3v) is 2.96. The molecule has 1 aliphatic heterocycles.